The SMILES string of the molecule is Cc1ccccc1OCC(=O)NC(=S)Nc1sc2c(c1C(N)=O)CC[C@@H](C(C)(C)C)C2. The Kier molecular flexibility index (Phi) is 7.01. The summed E-state index contributed by atoms with van der Waals surface area (Å²) in [6.07, 6.45) is 2.75. The van der Waals surface area contributed by atoms with Crippen LogP contribution in [0.3, 0.4) is 0 Å². The Bertz CT molecular complexity index is 1010. The number of thiocarbonyl (C=S) groups is 1. The number of benzene rings is 1. The quantitative estimate of drug-likeness (QED) is 0.583. The van der Waals surface area contributed by atoms with Crippen molar-refractivity contribution in [1.82, 2.24) is 5.32 Å². The van der Waals surface area contributed by atoms with Gasteiger partial charge in [-0.05, 0) is 66.9 Å². The Labute approximate surface area is 192 Å². The molecule has 0 bridgehead atoms. The standard InChI is InChI=1S/C23H29N3O3S2/c1-13-7-5-6-8-16(13)29-12-18(27)25-22(30)26-21-19(20(24)28)15-10-9-14(23(2,3)4)11-17(15)31-21/h5-8,14H,9-12H2,1-4H3,(H2,24,28)(H2,25,26,27,30)/t14-/m1/s1. The molecule has 6 nitrogen and oxygen atoms in total. The van der Waals surface area contributed by atoms with Gasteiger partial charge in [0, 0.05) is 4.88 Å². The highest BCUT2D eigenvalue weighted by atomic mass is 32.1. The Morgan fingerprint density at radius 2 is 2.00 bits per heavy atom. The topological polar surface area (TPSA) is 93.4 Å². The number of fused-ring (bicyclic) bond motifs is 1. The summed E-state index contributed by atoms with van der Waals surface area (Å²) in [7, 11) is 0. The van der Waals surface area contributed by atoms with Crippen LogP contribution in [0.1, 0.15) is 53.6 Å². The molecule has 0 fully saturated rings. The number of para-hydroxylation sites is 1. The van der Waals surface area contributed by atoms with Crippen LogP contribution in [-0.2, 0) is 17.6 Å². The molecule has 1 heterocycles. The molecule has 3 rings (SSSR count). The highest BCUT2D eigenvalue weighted by molar-refractivity contribution is 7.80. The molecule has 1 aromatic carbocycles. The number of amides is 2. The monoisotopic (exact) mass is 459 g/mol. The van der Waals surface area contributed by atoms with E-state index in [2.05, 4.69) is 31.4 Å². The minimum atomic E-state index is -0.480. The van der Waals surface area contributed by atoms with Crippen LogP contribution >= 0.6 is 23.6 Å². The van der Waals surface area contributed by atoms with Crippen LogP contribution in [0.5, 0.6) is 5.75 Å². The van der Waals surface area contributed by atoms with E-state index in [0.29, 0.717) is 22.2 Å². The van der Waals surface area contributed by atoms with Gasteiger partial charge in [0.05, 0.1) is 5.56 Å². The smallest absolute Gasteiger partial charge is 0.264 e. The largest absolute Gasteiger partial charge is 0.483 e. The molecule has 0 saturated heterocycles. The average Bonchev–Trinajstić information content (AvgIpc) is 3.03. The number of thiophene rings is 1. The number of ether oxygens (including phenoxy) is 1. The normalized spacial score (nSPS) is 15.7. The fourth-order valence-corrected chi connectivity index (χ4v) is 5.45. The fraction of sp³-hybridized carbons (Fsp3) is 0.435. The van der Waals surface area contributed by atoms with E-state index >= 15 is 0 Å². The molecular weight excluding hydrogens is 430 g/mol. The van der Waals surface area contributed by atoms with Gasteiger partial charge in [0.25, 0.3) is 11.8 Å². The minimum Gasteiger partial charge on any atom is -0.483 e. The lowest BCUT2D eigenvalue weighted by atomic mass is 9.72. The van der Waals surface area contributed by atoms with E-state index in [0.717, 1.165) is 30.4 Å². The van der Waals surface area contributed by atoms with Gasteiger partial charge in [0.2, 0.25) is 0 Å². The van der Waals surface area contributed by atoms with Crippen LogP contribution < -0.4 is 21.1 Å². The van der Waals surface area contributed by atoms with E-state index in [1.807, 2.05) is 25.1 Å². The fourth-order valence-electron chi connectivity index (χ4n) is 3.83. The highest BCUT2D eigenvalue weighted by Crippen LogP contribution is 2.44. The van der Waals surface area contributed by atoms with Crippen molar-refractivity contribution in [3.8, 4) is 5.75 Å². The summed E-state index contributed by atoms with van der Waals surface area (Å²) in [6, 6.07) is 7.47. The summed E-state index contributed by atoms with van der Waals surface area (Å²) < 4.78 is 5.55. The van der Waals surface area contributed by atoms with Crippen molar-refractivity contribution in [2.24, 2.45) is 17.1 Å². The van der Waals surface area contributed by atoms with Gasteiger partial charge in [-0.2, -0.15) is 0 Å². The molecule has 2 aromatic rings. The molecule has 0 unspecified atom stereocenters. The molecule has 0 spiro atoms. The molecule has 1 aromatic heterocycles. The van der Waals surface area contributed by atoms with E-state index < -0.39 is 5.91 Å². The van der Waals surface area contributed by atoms with Crippen molar-refractivity contribution in [2.75, 3.05) is 11.9 Å². The maximum absolute atomic E-state index is 12.2. The molecule has 2 amide bonds. The Balaban J connectivity index is 1.66. The molecular formula is C23H29N3O3S2. The highest BCUT2D eigenvalue weighted by Gasteiger charge is 2.33. The molecule has 4 N–H and O–H groups in total. The number of hydrogen-bond donors (Lipinski definition) is 3. The summed E-state index contributed by atoms with van der Waals surface area (Å²) in [5.74, 6) is 0.325. The first-order valence-corrected chi connectivity index (χ1v) is 11.5. The van der Waals surface area contributed by atoms with Crippen LogP contribution in [0.25, 0.3) is 0 Å². The number of nitrogens with one attached hydrogen (secondary N) is 2. The Hall–Kier alpha value is -2.45. The third kappa shape index (κ3) is 5.62. The van der Waals surface area contributed by atoms with Gasteiger partial charge in [-0.3, -0.25) is 14.9 Å². The van der Waals surface area contributed by atoms with Gasteiger partial charge >= 0.3 is 0 Å². The van der Waals surface area contributed by atoms with Gasteiger partial charge in [-0.1, -0.05) is 39.0 Å². The lowest BCUT2D eigenvalue weighted by Crippen LogP contribution is -2.37. The number of rotatable bonds is 5. The number of nitrogens with two attached hydrogens (primary N) is 1. The molecule has 0 saturated carbocycles. The Morgan fingerprint density at radius 3 is 2.65 bits per heavy atom. The minimum absolute atomic E-state index is 0.117. The van der Waals surface area contributed by atoms with E-state index in [1.165, 1.54) is 16.2 Å². The second-order valence-electron chi connectivity index (χ2n) is 8.93. The zero-order valence-electron chi connectivity index (χ0n) is 18.3. The number of hydrogen-bond acceptors (Lipinski definition) is 5. The van der Waals surface area contributed by atoms with E-state index in [9.17, 15) is 9.59 Å². The maximum Gasteiger partial charge on any atom is 0.264 e. The van der Waals surface area contributed by atoms with Crippen LogP contribution in [-0.4, -0.2) is 23.5 Å². The molecule has 8 heteroatoms. The second-order valence-corrected chi connectivity index (χ2v) is 10.4. The molecule has 1 aliphatic carbocycles. The van der Waals surface area contributed by atoms with Gasteiger partial charge in [0.1, 0.15) is 10.8 Å². The zero-order chi connectivity index (χ0) is 22.8. The predicted molar refractivity (Wildman–Crippen MR) is 129 cm³/mol. The second kappa shape index (κ2) is 9.36. The van der Waals surface area contributed by atoms with Gasteiger partial charge in [-0.25, -0.2) is 0 Å². The first kappa shape index (κ1) is 23.2. The van der Waals surface area contributed by atoms with Crippen LogP contribution in [0.2, 0.25) is 0 Å². The summed E-state index contributed by atoms with van der Waals surface area (Å²) in [5.41, 5.74) is 8.32. The molecule has 31 heavy (non-hydrogen) atoms. The van der Waals surface area contributed by atoms with Crippen molar-refractivity contribution >= 4 is 45.5 Å². The summed E-state index contributed by atoms with van der Waals surface area (Å²) >= 11 is 6.79. The lowest BCUT2D eigenvalue weighted by molar-refractivity contribution is -0.121. The van der Waals surface area contributed by atoms with Crippen molar-refractivity contribution in [3.05, 3.63) is 45.8 Å². The van der Waals surface area contributed by atoms with Crippen molar-refractivity contribution in [3.63, 3.8) is 0 Å². The van der Waals surface area contributed by atoms with Gasteiger partial charge in [0.15, 0.2) is 11.7 Å². The van der Waals surface area contributed by atoms with E-state index in [-0.39, 0.29) is 23.0 Å². The van der Waals surface area contributed by atoms with E-state index in [4.69, 9.17) is 22.7 Å². The average molecular weight is 460 g/mol. The molecule has 166 valence electrons. The maximum atomic E-state index is 12.2. The number of aryl methyl sites for hydroxylation is 1. The number of carbonyl (C=O) groups is 2. The summed E-state index contributed by atoms with van der Waals surface area (Å²) in [6.45, 7) is 8.48. The molecule has 0 aliphatic heterocycles. The molecule has 0 radical (unpaired) electrons. The van der Waals surface area contributed by atoms with E-state index in [1.54, 1.807) is 6.07 Å². The lowest BCUT2D eigenvalue weighted by Gasteiger charge is -2.33. The third-order valence-electron chi connectivity index (χ3n) is 5.67. The Morgan fingerprint density at radius 1 is 1.29 bits per heavy atom. The first-order valence-electron chi connectivity index (χ1n) is 10.3. The number of primary amides is 1. The first-order chi connectivity index (χ1) is 14.6. The van der Waals surface area contributed by atoms with Gasteiger partial charge < -0.3 is 15.8 Å². The predicted octanol–water partition coefficient (Wildman–Crippen LogP) is 4.20. The van der Waals surface area contributed by atoms with Crippen LogP contribution in [0, 0.1) is 18.3 Å². The summed E-state index contributed by atoms with van der Waals surface area (Å²) in [4.78, 5) is 25.6. The zero-order valence-corrected chi connectivity index (χ0v) is 20.0. The van der Waals surface area contributed by atoms with Crippen LogP contribution in [0.4, 0.5) is 5.00 Å². The molecule has 1 atom stereocenters. The van der Waals surface area contributed by atoms with Crippen LogP contribution in [0.15, 0.2) is 24.3 Å². The third-order valence-corrected chi connectivity index (χ3v) is 7.04. The molecule has 1 aliphatic rings. The number of anilines is 1. The van der Waals surface area contributed by atoms with Crippen molar-refractivity contribution in [1.29, 1.82) is 0 Å². The summed E-state index contributed by atoms with van der Waals surface area (Å²) in [5, 5.41) is 6.33. The van der Waals surface area contributed by atoms with Crippen molar-refractivity contribution < 1.29 is 14.3 Å². The van der Waals surface area contributed by atoms with Crippen molar-refractivity contribution in [2.45, 2.75) is 47.0 Å². The number of carbonyl (C=O) groups excluding carboxylic acids is 2. The van der Waals surface area contributed by atoms with Gasteiger partial charge in [-0.15, -0.1) is 11.3 Å².